The predicted molar refractivity (Wildman–Crippen MR) is 144 cm³/mol. The number of nitrogens with one attached hydrogen (secondary N) is 2. The van der Waals surface area contributed by atoms with Gasteiger partial charge in [0, 0.05) is 13.1 Å². The molecule has 206 valence electrons. The second kappa shape index (κ2) is 12.3. The molecule has 2 heterocycles. The van der Waals surface area contributed by atoms with Crippen LogP contribution in [0.25, 0.3) is 0 Å². The van der Waals surface area contributed by atoms with E-state index in [-0.39, 0.29) is 17.9 Å². The molecule has 2 unspecified atom stereocenters. The number of carbonyl (C=O) groups is 4. The lowest BCUT2D eigenvalue weighted by Crippen LogP contribution is -2.58. The molecular weight excluding hydrogens is 484 g/mol. The zero-order valence-corrected chi connectivity index (χ0v) is 23.0. The molecule has 4 amide bonds. The van der Waals surface area contributed by atoms with E-state index in [0.29, 0.717) is 19.3 Å². The van der Waals surface area contributed by atoms with Crippen molar-refractivity contribution >= 4 is 23.8 Å². The van der Waals surface area contributed by atoms with Crippen LogP contribution in [0.5, 0.6) is 0 Å². The van der Waals surface area contributed by atoms with Crippen molar-refractivity contribution in [2.24, 2.45) is 0 Å². The van der Waals surface area contributed by atoms with E-state index in [0.717, 1.165) is 24.8 Å². The Kier molecular flexibility index (Phi) is 9.42. The first-order valence-electron chi connectivity index (χ1n) is 13.3. The molecule has 3 rings (SSSR count). The van der Waals surface area contributed by atoms with Crippen molar-refractivity contribution in [3.8, 4) is 12.3 Å². The maximum atomic E-state index is 13.8. The summed E-state index contributed by atoms with van der Waals surface area (Å²) in [6, 6.07) is 6.32. The fourth-order valence-corrected chi connectivity index (χ4v) is 4.99. The minimum absolute atomic E-state index is 0.0687. The van der Waals surface area contributed by atoms with Crippen LogP contribution in [0.15, 0.2) is 30.3 Å². The SMILES string of the molecule is C#CC(NC(=O)[C@@H]1CCC2CCCC[C@H](NC(=O)[C@H](C)N(C)C(=O)OC(C)(C)C)C(=O)N21)c1ccccc1. The highest BCUT2D eigenvalue weighted by molar-refractivity contribution is 5.94. The second-order valence-electron chi connectivity index (χ2n) is 11.1. The molecule has 0 radical (unpaired) electrons. The van der Waals surface area contributed by atoms with E-state index < -0.39 is 41.8 Å². The second-order valence-corrected chi connectivity index (χ2v) is 11.1. The minimum atomic E-state index is -0.848. The van der Waals surface area contributed by atoms with Crippen molar-refractivity contribution in [3.05, 3.63) is 35.9 Å². The van der Waals surface area contributed by atoms with Crippen LogP contribution in [0.3, 0.4) is 0 Å². The molecular formula is C29H40N4O5. The summed E-state index contributed by atoms with van der Waals surface area (Å²) in [5.41, 5.74) is 0.0983. The molecule has 2 aliphatic heterocycles. The third-order valence-corrected chi connectivity index (χ3v) is 7.18. The number of carbonyl (C=O) groups excluding carboxylic acids is 4. The molecule has 2 N–H and O–H groups in total. The van der Waals surface area contributed by atoms with E-state index in [2.05, 4.69) is 16.6 Å². The van der Waals surface area contributed by atoms with Crippen LogP contribution in [0.2, 0.25) is 0 Å². The zero-order valence-electron chi connectivity index (χ0n) is 23.0. The smallest absolute Gasteiger partial charge is 0.410 e. The molecule has 1 aromatic carbocycles. The van der Waals surface area contributed by atoms with E-state index >= 15 is 0 Å². The Bertz CT molecular complexity index is 1060. The molecule has 0 aromatic heterocycles. The molecule has 2 saturated heterocycles. The Labute approximate surface area is 225 Å². The normalized spacial score (nSPS) is 23.1. The molecule has 0 spiro atoms. The van der Waals surface area contributed by atoms with Crippen molar-refractivity contribution in [1.29, 1.82) is 0 Å². The number of terminal acetylenes is 1. The quantitative estimate of drug-likeness (QED) is 0.556. The van der Waals surface area contributed by atoms with Gasteiger partial charge in [0.2, 0.25) is 17.7 Å². The Hall–Kier alpha value is -3.54. The monoisotopic (exact) mass is 524 g/mol. The maximum absolute atomic E-state index is 13.8. The average Bonchev–Trinajstić information content (AvgIpc) is 3.29. The number of hydrogen-bond acceptors (Lipinski definition) is 5. The van der Waals surface area contributed by atoms with E-state index in [9.17, 15) is 19.2 Å². The van der Waals surface area contributed by atoms with Crippen LogP contribution in [-0.4, -0.2) is 70.4 Å². The third kappa shape index (κ3) is 7.06. The first-order valence-corrected chi connectivity index (χ1v) is 13.3. The third-order valence-electron chi connectivity index (χ3n) is 7.18. The number of hydrogen-bond donors (Lipinski definition) is 2. The van der Waals surface area contributed by atoms with Gasteiger partial charge in [-0.2, -0.15) is 0 Å². The lowest BCUT2D eigenvalue weighted by atomic mass is 9.98. The van der Waals surface area contributed by atoms with Gasteiger partial charge in [-0.15, -0.1) is 6.42 Å². The topological polar surface area (TPSA) is 108 Å². The number of likely N-dealkylation sites (N-methyl/N-ethyl adjacent to an activating group) is 1. The molecule has 38 heavy (non-hydrogen) atoms. The number of nitrogens with zero attached hydrogens (tertiary/aromatic N) is 2. The standard InChI is InChI=1S/C29H40N4O5/c1-7-22(20-13-9-8-10-14-20)30-26(35)24-18-17-21-15-11-12-16-23(27(36)33(21)24)31-25(34)19(2)32(6)28(37)38-29(3,4)5/h1,8-10,13-14,19,21-24H,11-12,15-18H2,2-6H3,(H,30,35)(H,31,34)/t19-,21?,22?,23-,24-/m0/s1. The van der Waals surface area contributed by atoms with Gasteiger partial charge in [-0.3, -0.25) is 19.3 Å². The molecule has 1 aromatic rings. The summed E-state index contributed by atoms with van der Waals surface area (Å²) < 4.78 is 5.36. The van der Waals surface area contributed by atoms with E-state index in [1.54, 1.807) is 32.6 Å². The van der Waals surface area contributed by atoms with Crippen LogP contribution in [0, 0.1) is 12.3 Å². The van der Waals surface area contributed by atoms with Crippen molar-refractivity contribution in [3.63, 3.8) is 0 Å². The van der Waals surface area contributed by atoms with Gasteiger partial charge in [0.1, 0.15) is 29.8 Å². The van der Waals surface area contributed by atoms with Crippen LogP contribution in [0.1, 0.15) is 77.8 Å². The molecule has 9 nitrogen and oxygen atoms in total. The van der Waals surface area contributed by atoms with E-state index in [1.807, 2.05) is 30.3 Å². The van der Waals surface area contributed by atoms with Gasteiger partial charge in [-0.05, 0) is 58.9 Å². The van der Waals surface area contributed by atoms with Crippen molar-refractivity contribution < 1.29 is 23.9 Å². The summed E-state index contributed by atoms with van der Waals surface area (Å²) in [7, 11) is 1.49. The highest BCUT2D eigenvalue weighted by atomic mass is 16.6. The minimum Gasteiger partial charge on any atom is -0.444 e. The zero-order chi connectivity index (χ0) is 28.0. The van der Waals surface area contributed by atoms with Gasteiger partial charge in [0.05, 0.1) is 0 Å². The van der Waals surface area contributed by atoms with Crippen LogP contribution in [0.4, 0.5) is 4.79 Å². The summed E-state index contributed by atoms with van der Waals surface area (Å²) in [5.74, 6) is 1.60. The number of ether oxygens (including phenoxy) is 1. The Morgan fingerprint density at radius 1 is 1.11 bits per heavy atom. The number of amides is 4. The largest absolute Gasteiger partial charge is 0.444 e. The highest BCUT2D eigenvalue weighted by Crippen LogP contribution is 2.32. The lowest BCUT2D eigenvalue weighted by Gasteiger charge is -2.36. The molecule has 5 atom stereocenters. The number of benzene rings is 1. The lowest BCUT2D eigenvalue weighted by molar-refractivity contribution is -0.144. The molecule has 0 saturated carbocycles. The number of rotatable bonds is 6. The molecule has 0 aliphatic carbocycles. The summed E-state index contributed by atoms with van der Waals surface area (Å²) >= 11 is 0. The summed E-state index contributed by atoms with van der Waals surface area (Å²) in [6.45, 7) is 6.84. The Balaban J connectivity index is 1.71. The first-order chi connectivity index (χ1) is 17.9. The van der Waals surface area contributed by atoms with Gasteiger partial charge in [0.15, 0.2) is 0 Å². The van der Waals surface area contributed by atoms with E-state index in [4.69, 9.17) is 11.2 Å². The maximum Gasteiger partial charge on any atom is 0.410 e. The van der Waals surface area contributed by atoms with Crippen LogP contribution >= 0.6 is 0 Å². The van der Waals surface area contributed by atoms with Gasteiger partial charge < -0.3 is 20.3 Å². The Morgan fingerprint density at radius 3 is 2.39 bits per heavy atom. The van der Waals surface area contributed by atoms with Crippen LogP contribution in [-0.2, 0) is 19.1 Å². The molecule has 9 heteroatoms. The van der Waals surface area contributed by atoms with E-state index in [1.165, 1.54) is 11.9 Å². The number of fused-ring (bicyclic) bond motifs is 1. The molecule has 2 fully saturated rings. The summed E-state index contributed by atoms with van der Waals surface area (Å²) in [4.78, 5) is 55.5. The van der Waals surface area contributed by atoms with Gasteiger partial charge in [-0.25, -0.2) is 4.79 Å². The Morgan fingerprint density at radius 2 is 1.76 bits per heavy atom. The average molecular weight is 525 g/mol. The summed E-state index contributed by atoms with van der Waals surface area (Å²) in [6.07, 6.45) is 9.28. The van der Waals surface area contributed by atoms with Crippen molar-refractivity contribution in [2.45, 2.75) is 102 Å². The first kappa shape index (κ1) is 29.0. The van der Waals surface area contributed by atoms with Gasteiger partial charge in [-0.1, -0.05) is 49.1 Å². The predicted octanol–water partition coefficient (Wildman–Crippen LogP) is 3.15. The summed E-state index contributed by atoms with van der Waals surface area (Å²) in [5, 5.41) is 5.76. The fourth-order valence-electron chi connectivity index (χ4n) is 4.99. The van der Waals surface area contributed by atoms with Gasteiger partial charge >= 0.3 is 6.09 Å². The molecule has 2 aliphatic rings. The molecule has 0 bridgehead atoms. The fraction of sp³-hybridized carbons (Fsp3) is 0.586. The van der Waals surface area contributed by atoms with Crippen LogP contribution < -0.4 is 10.6 Å². The van der Waals surface area contributed by atoms with Crippen molar-refractivity contribution in [1.82, 2.24) is 20.4 Å². The van der Waals surface area contributed by atoms with Crippen molar-refractivity contribution in [2.75, 3.05) is 7.05 Å². The van der Waals surface area contributed by atoms with Gasteiger partial charge in [0.25, 0.3) is 0 Å². The highest BCUT2D eigenvalue weighted by Gasteiger charge is 2.44.